The fourth-order valence-corrected chi connectivity index (χ4v) is 5.63. The highest BCUT2D eigenvalue weighted by Gasteiger charge is 2.50. The van der Waals surface area contributed by atoms with Gasteiger partial charge in [0.05, 0.1) is 18.7 Å². The molecule has 1 aliphatic heterocycles. The van der Waals surface area contributed by atoms with Gasteiger partial charge in [-0.1, -0.05) is 11.2 Å². The van der Waals surface area contributed by atoms with Gasteiger partial charge in [-0.05, 0) is 43.3 Å². The molecular weight excluding hydrogens is 537 g/mol. The number of aliphatic carboxylic acids is 1. The van der Waals surface area contributed by atoms with E-state index in [1.165, 1.54) is 31.1 Å². The average molecular weight is 565 g/mol. The smallest absolute Gasteiger partial charge is 0.409 e. The van der Waals surface area contributed by atoms with Crippen LogP contribution in [0.5, 0.6) is 0 Å². The first kappa shape index (κ1) is 27.4. The number of carboxylic acids is 1. The van der Waals surface area contributed by atoms with Gasteiger partial charge in [0, 0.05) is 31.5 Å². The number of nitrogens with zero attached hydrogens (tertiary/aromatic N) is 4. The number of methoxy groups -OCH3 is 1. The number of amides is 2. The quantitative estimate of drug-likeness (QED) is 0.407. The Morgan fingerprint density at radius 2 is 1.95 bits per heavy atom. The van der Waals surface area contributed by atoms with Crippen LogP contribution >= 0.6 is 0 Å². The number of fused-ring (bicyclic) bond motifs is 1. The first-order valence-electron chi connectivity index (χ1n) is 12.7. The van der Waals surface area contributed by atoms with Gasteiger partial charge >= 0.3 is 12.1 Å². The standard InChI is InChI=1S/C25H27F3N6O6/c1-12-17(33-40-32-12)21(35)31-18(13-5-7-25(27,28)8-6-13)20-29-15-4-3-14(16(26)19(15)30-20)24(22(36)37)9-10-34(11-24)23(38)39-2/h3-4,13,18H,5-11H2,1-2H3,(H,29,30)(H,31,35)(H,36,37)/t18-,24?/m0/s1. The van der Waals surface area contributed by atoms with Gasteiger partial charge in [-0.3, -0.25) is 9.59 Å². The number of carboxylic acid groups (broad SMARTS) is 1. The van der Waals surface area contributed by atoms with Gasteiger partial charge in [-0.25, -0.2) is 27.6 Å². The third-order valence-corrected chi connectivity index (χ3v) is 7.92. The van der Waals surface area contributed by atoms with Crippen molar-refractivity contribution in [1.82, 2.24) is 30.5 Å². The molecule has 2 aliphatic rings. The fraction of sp³-hybridized carbons (Fsp3) is 0.520. The number of rotatable bonds is 6. The monoisotopic (exact) mass is 564 g/mol. The predicted octanol–water partition coefficient (Wildman–Crippen LogP) is 3.48. The molecule has 2 fully saturated rings. The summed E-state index contributed by atoms with van der Waals surface area (Å²) in [6.45, 7) is 1.27. The number of benzene rings is 1. The van der Waals surface area contributed by atoms with E-state index in [1.54, 1.807) is 0 Å². The van der Waals surface area contributed by atoms with Crippen LogP contribution in [0.4, 0.5) is 18.0 Å². The number of likely N-dealkylation sites (tertiary alicyclic amines) is 1. The lowest BCUT2D eigenvalue weighted by Gasteiger charge is -2.33. The summed E-state index contributed by atoms with van der Waals surface area (Å²) in [6.07, 6.45) is -1.39. The zero-order chi connectivity index (χ0) is 28.8. The van der Waals surface area contributed by atoms with E-state index in [4.69, 9.17) is 4.74 Å². The summed E-state index contributed by atoms with van der Waals surface area (Å²) in [4.78, 5) is 45.9. The average Bonchev–Trinajstić information content (AvgIpc) is 3.66. The Hall–Kier alpha value is -4.17. The second-order valence-corrected chi connectivity index (χ2v) is 10.3. The topological polar surface area (TPSA) is 164 Å². The SMILES string of the molecule is COC(=O)N1CCC(C(=O)O)(c2ccc3[nH]c([C@@H](NC(=O)c4nonc4C)C4CCC(F)(F)CC4)nc3c2F)C1. The van der Waals surface area contributed by atoms with Crippen molar-refractivity contribution in [3.63, 3.8) is 0 Å². The summed E-state index contributed by atoms with van der Waals surface area (Å²) >= 11 is 0. The maximum Gasteiger partial charge on any atom is 0.409 e. The molecule has 12 nitrogen and oxygen atoms in total. The Labute approximate surface area is 225 Å². The van der Waals surface area contributed by atoms with E-state index in [-0.39, 0.29) is 79.0 Å². The highest BCUT2D eigenvalue weighted by atomic mass is 19.3. The minimum atomic E-state index is -2.82. The Bertz CT molecular complexity index is 1460. The summed E-state index contributed by atoms with van der Waals surface area (Å²) in [5, 5.41) is 20.0. The first-order chi connectivity index (χ1) is 19.0. The first-order valence-corrected chi connectivity index (χ1v) is 12.7. The molecule has 1 saturated heterocycles. The number of imidazole rings is 1. The van der Waals surface area contributed by atoms with E-state index in [0.29, 0.717) is 0 Å². The highest BCUT2D eigenvalue weighted by molar-refractivity contribution is 5.93. The molecule has 3 N–H and O–H groups in total. The van der Waals surface area contributed by atoms with E-state index in [0.717, 1.165) is 0 Å². The second kappa shape index (κ2) is 10.1. The minimum Gasteiger partial charge on any atom is -0.481 e. The van der Waals surface area contributed by atoms with Crippen LogP contribution in [0.1, 0.15) is 65.7 Å². The Balaban J connectivity index is 1.52. The van der Waals surface area contributed by atoms with Crippen molar-refractivity contribution in [3.05, 3.63) is 40.7 Å². The fourth-order valence-electron chi connectivity index (χ4n) is 5.63. The van der Waals surface area contributed by atoms with Gasteiger partial charge in [0.25, 0.3) is 5.91 Å². The van der Waals surface area contributed by atoms with Crippen molar-refractivity contribution in [2.75, 3.05) is 20.2 Å². The summed E-state index contributed by atoms with van der Waals surface area (Å²) in [5.41, 5.74) is -1.70. The lowest BCUT2D eigenvalue weighted by Crippen LogP contribution is -2.41. The maximum absolute atomic E-state index is 16.0. The van der Waals surface area contributed by atoms with Crippen LogP contribution in [-0.2, 0) is 14.9 Å². The van der Waals surface area contributed by atoms with Crippen molar-refractivity contribution < 1.29 is 42.0 Å². The third-order valence-electron chi connectivity index (χ3n) is 7.92. The number of carbonyl (C=O) groups is 3. The molecule has 15 heteroatoms. The van der Waals surface area contributed by atoms with E-state index >= 15 is 4.39 Å². The largest absolute Gasteiger partial charge is 0.481 e. The molecule has 3 heterocycles. The summed E-state index contributed by atoms with van der Waals surface area (Å²) in [6, 6.07) is 1.88. The van der Waals surface area contributed by atoms with Gasteiger partial charge in [-0.15, -0.1) is 0 Å². The van der Waals surface area contributed by atoms with E-state index in [1.807, 2.05) is 0 Å². The molecule has 1 saturated carbocycles. The van der Waals surface area contributed by atoms with Gasteiger partial charge in [0.15, 0.2) is 11.5 Å². The Morgan fingerprint density at radius 1 is 1.23 bits per heavy atom. The molecule has 0 bridgehead atoms. The second-order valence-electron chi connectivity index (χ2n) is 10.3. The van der Waals surface area contributed by atoms with Gasteiger partial charge in [0.2, 0.25) is 5.92 Å². The normalized spacial score (nSPS) is 21.9. The van der Waals surface area contributed by atoms with Crippen LogP contribution in [-0.4, -0.2) is 74.4 Å². The maximum atomic E-state index is 16.0. The number of aromatic amines is 1. The van der Waals surface area contributed by atoms with E-state index in [9.17, 15) is 28.3 Å². The van der Waals surface area contributed by atoms with Crippen molar-refractivity contribution in [2.24, 2.45) is 5.92 Å². The molecule has 2 aromatic heterocycles. The molecule has 3 aromatic rings. The molecule has 1 aromatic carbocycles. The summed E-state index contributed by atoms with van der Waals surface area (Å²) < 4.78 is 53.1. The Kier molecular flexibility index (Phi) is 6.92. The molecule has 1 aliphatic carbocycles. The number of nitrogens with one attached hydrogen (secondary N) is 2. The van der Waals surface area contributed by atoms with Gasteiger partial charge < -0.3 is 25.0 Å². The molecule has 1 unspecified atom stereocenters. The number of aryl methyl sites for hydroxylation is 1. The molecule has 2 atom stereocenters. The van der Waals surface area contributed by atoms with Crippen molar-refractivity contribution in [3.8, 4) is 0 Å². The molecule has 0 spiro atoms. The number of H-pyrrole nitrogens is 1. The molecule has 214 valence electrons. The Morgan fingerprint density at radius 3 is 2.58 bits per heavy atom. The number of aromatic nitrogens is 4. The van der Waals surface area contributed by atoms with Crippen LogP contribution in [0.2, 0.25) is 0 Å². The minimum absolute atomic E-state index is 0.0444. The van der Waals surface area contributed by atoms with Crippen LogP contribution in [0.15, 0.2) is 16.8 Å². The number of alkyl halides is 2. The molecule has 2 amide bonds. The van der Waals surface area contributed by atoms with Crippen LogP contribution in [0.3, 0.4) is 0 Å². The van der Waals surface area contributed by atoms with E-state index < -0.39 is 47.1 Å². The lowest BCUT2D eigenvalue weighted by atomic mass is 9.79. The molecule has 5 rings (SSSR count). The zero-order valence-corrected chi connectivity index (χ0v) is 21.7. The highest BCUT2D eigenvalue weighted by Crippen LogP contribution is 2.42. The molecule has 0 radical (unpaired) electrons. The van der Waals surface area contributed by atoms with Gasteiger partial charge in [0.1, 0.15) is 22.5 Å². The number of carbonyl (C=O) groups excluding carboxylic acids is 2. The van der Waals surface area contributed by atoms with E-state index in [2.05, 4.69) is 30.2 Å². The van der Waals surface area contributed by atoms with Crippen LogP contribution in [0.25, 0.3) is 11.0 Å². The summed E-state index contributed by atoms with van der Waals surface area (Å²) in [5.74, 6) is -6.03. The number of hydrogen-bond donors (Lipinski definition) is 3. The molecule has 40 heavy (non-hydrogen) atoms. The van der Waals surface area contributed by atoms with Gasteiger partial charge in [-0.2, -0.15) is 0 Å². The zero-order valence-electron chi connectivity index (χ0n) is 21.7. The van der Waals surface area contributed by atoms with Crippen molar-refractivity contribution >= 4 is 29.0 Å². The molecular formula is C25H27F3N6O6. The van der Waals surface area contributed by atoms with Crippen LogP contribution in [0, 0.1) is 18.7 Å². The summed E-state index contributed by atoms with van der Waals surface area (Å²) in [7, 11) is 1.17. The van der Waals surface area contributed by atoms with Crippen molar-refractivity contribution in [1.29, 1.82) is 0 Å². The predicted molar refractivity (Wildman–Crippen MR) is 130 cm³/mol. The van der Waals surface area contributed by atoms with Crippen LogP contribution < -0.4 is 5.32 Å². The lowest BCUT2D eigenvalue weighted by molar-refractivity contribution is -0.143. The van der Waals surface area contributed by atoms with Crippen molar-refractivity contribution in [2.45, 2.75) is 56.4 Å². The number of hydrogen-bond acceptors (Lipinski definition) is 8. The number of ether oxygens (including phenoxy) is 1. The third kappa shape index (κ3) is 4.73. The number of halogens is 3.